The van der Waals surface area contributed by atoms with Crippen LogP contribution < -0.4 is 10.2 Å². The van der Waals surface area contributed by atoms with E-state index in [0.29, 0.717) is 5.82 Å². The van der Waals surface area contributed by atoms with Crippen LogP contribution in [0.1, 0.15) is 0 Å². The Morgan fingerprint density at radius 1 is 1.11 bits per heavy atom. The number of aromatic hydroxyl groups is 1. The number of rotatable bonds is 2. The molecular formula is C14H16N4O. The number of nitrogens with one attached hydrogen (secondary N) is 1. The zero-order valence-electron chi connectivity index (χ0n) is 10.6. The Bertz CT molecular complexity index is 550. The Balaban J connectivity index is 1.82. The molecule has 0 aliphatic carbocycles. The molecule has 3 rings (SSSR count). The van der Waals surface area contributed by atoms with Gasteiger partial charge in [0.2, 0.25) is 0 Å². The fourth-order valence-corrected chi connectivity index (χ4v) is 2.20. The van der Waals surface area contributed by atoms with Crippen LogP contribution in [0.5, 0.6) is 5.75 Å². The molecule has 98 valence electrons. The van der Waals surface area contributed by atoms with Crippen molar-refractivity contribution in [1.29, 1.82) is 0 Å². The van der Waals surface area contributed by atoms with Crippen molar-refractivity contribution in [1.82, 2.24) is 15.3 Å². The predicted octanol–water partition coefficient (Wildman–Crippen LogP) is 1.26. The van der Waals surface area contributed by atoms with Gasteiger partial charge in [-0.2, -0.15) is 0 Å². The SMILES string of the molecule is Oc1cccc(-c2ncc(N3CCNCC3)cn2)c1. The second-order valence-corrected chi connectivity index (χ2v) is 4.55. The lowest BCUT2D eigenvalue weighted by Crippen LogP contribution is -2.43. The molecule has 0 spiro atoms. The number of benzene rings is 1. The van der Waals surface area contributed by atoms with Crippen molar-refractivity contribution in [2.45, 2.75) is 0 Å². The first-order chi connectivity index (χ1) is 9.33. The van der Waals surface area contributed by atoms with Gasteiger partial charge < -0.3 is 15.3 Å². The molecule has 2 aromatic rings. The van der Waals surface area contributed by atoms with Crippen LogP contribution in [-0.4, -0.2) is 41.3 Å². The third-order valence-corrected chi connectivity index (χ3v) is 3.22. The van der Waals surface area contributed by atoms with Crippen LogP contribution in [0.4, 0.5) is 5.69 Å². The highest BCUT2D eigenvalue weighted by atomic mass is 16.3. The third-order valence-electron chi connectivity index (χ3n) is 3.22. The summed E-state index contributed by atoms with van der Waals surface area (Å²) in [5.74, 6) is 0.863. The van der Waals surface area contributed by atoms with Gasteiger partial charge in [0.1, 0.15) is 5.75 Å². The maximum atomic E-state index is 9.46. The Labute approximate surface area is 111 Å². The van der Waals surface area contributed by atoms with Crippen molar-refractivity contribution in [2.24, 2.45) is 0 Å². The summed E-state index contributed by atoms with van der Waals surface area (Å²) in [5.41, 5.74) is 1.87. The summed E-state index contributed by atoms with van der Waals surface area (Å²) in [6.07, 6.45) is 3.69. The van der Waals surface area contributed by atoms with E-state index in [9.17, 15) is 5.11 Å². The second-order valence-electron chi connectivity index (χ2n) is 4.55. The maximum Gasteiger partial charge on any atom is 0.159 e. The number of phenols is 1. The molecular weight excluding hydrogens is 240 g/mol. The van der Waals surface area contributed by atoms with Crippen molar-refractivity contribution in [2.75, 3.05) is 31.1 Å². The highest BCUT2D eigenvalue weighted by Gasteiger charge is 2.11. The number of hydrogen-bond donors (Lipinski definition) is 2. The summed E-state index contributed by atoms with van der Waals surface area (Å²) in [7, 11) is 0. The van der Waals surface area contributed by atoms with E-state index in [1.807, 2.05) is 18.5 Å². The predicted molar refractivity (Wildman–Crippen MR) is 74.2 cm³/mol. The summed E-state index contributed by atoms with van der Waals surface area (Å²) in [6, 6.07) is 6.98. The maximum absolute atomic E-state index is 9.46. The van der Waals surface area contributed by atoms with E-state index >= 15 is 0 Å². The Kier molecular flexibility index (Phi) is 3.29. The zero-order chi connectivity index (χ0) is 13.1. The first-order valence-electron chi connectivity index (χ1n) is 6.40. The third kappa shape index (κ3) is 2.66. The van der Waals surface area contributed by atoms with Gasteiger partial charge >= 0.3 is 0 Å². The van der Waals surface area contributed by atoms with Crippen LogP contribution in [0, 0.1) is 0 Å². The highest BCUT2D eigenvalue weighted by molar-refractivity contribution is 5.58. The van der Waals surface area contributed by atoms with E-state index in [1.54, 1.807) is 18.2 Å². The quantitative estimate of drug-likeness (QED) is 0.847. The van der Waals surface area contributed by atoms with Gasteiger partial charge in [-0.25, -0.2) is 9.97 Å². The van der Waals surface area contributed by atoms with Crippen LogP contribution in [0.2, 0.25) is 0 Å². The van der Waals surface area contributed by atoms with Crippen LogP contribution >= 0.6 is 0 Å². The number of hydrogen-bond acceptors (Lipinski definition) is 5. The molecule has 5 nitrogen and oxygen atoms in total. The van der Waals surface area contributed by atoms with E-state index in [2.05, 4.69) is 20.2 Å². The molecule has 2 heterocycles. The standard InChI is InChI=1S/C14H16N4O/c19-13-3-1-2-11(8-13)14-16-9-12(10-17-14)18-6-4-15-5-7-18/h1-3,8-10,15,19H,4-7H2. The van der Waals surface area contributed by atoms with E-state index in [4.69, 9.17) is 0 Å². The number of nitrogens with zero attached hydrogens (tertiary/aromatic N) is 3. The Morgan fingerprint density at radius 3 is 2.53 bits per heavy atom. The van der Waals surface area contributed by atoms with E-state index < -0.39 is 0 Å². The first kappa shape index (κ1) is 11.9. The van der Waals surface area contributed by atoms with E-state index in [1.165, 1.54) is 0 Å². The molecule has 1 aliphatic rings. The summed E-state index contributed by atoms with van der Waals surface area (Å²) in [5, 5.41) is 12.8. The van der Waals surface area contributed by atoms with Gasteiger partial charge in [-0.05, 0) is 12.1 Å². The Hall–Kier alpha value is -2.14. The molecule has 0 amide bonds. The molecule has 5 heteroatoms. The number of aromatic nitrogens is 2. The lowest BCUT2D eigenvalue weighted by molar-refractivity contribution is 0.475. The lowest BCUT2D eigenvalue weighted by Gasteiger charge is -2.28. The molecule has 0 atom stereocenters. The zero-order valence-corrected chi connectivity index (χ0v) is 10.6. The van der Waals surface area contributed by atoms with Crippen LogP contribution in [0.3, 0.4) is 0 Å². The molecule has 19 heavy (non-hydrogen) atoms. The monoisotopic (exact) mass is 256 g/mol. The van der Waals surface area contributed by atoms with Gasteiger partial charge in [-0.3, -0.25) is 0 Å². The van der Waals surface area contributed by atoms with Crippen molar-refractivity contribution >= 4 is 5.69 Å². The van der Waals surface area contributed by atoms with Crippen LogP contribution in [0.15, 0.2) is 36.7 Å². The fourth-order valence-electron chi connectivity index (χ4n) is 2.20. The van der Waals surface area contributed by atoms with Crippen LogP contribution in [0.25, 0.3) is 11.4 Å². The van der Waals surface area contributed by atoms with Gasteiger partial charge in [0, 0.05) is 31.7 Å². The molecule has 1 aromatic carbocycles. The summed E-state index contributed by atoms with van der Waals surface area (Å²) < 4.78 is 0. The van der Waals surface area contributed by atoms with E-state index in [0.717, 1.165) is 37.4 Å². The van der Waals surface area contributed by atoms with Gasteiger partial charge in [0.25, 0.3) is 0 Å². The number of piperazine rings is 1. The molecule has 1 aromatic heterocycles. The van der Waals surface area contributed by atoms with Crippen molar-refractivity contribution in [3.05, 3.63) is 36.7 Å². The highest BCUT2D eigenvalue weighted by Crippen LogP contribution is 2.21. The van der Waals surface area contributed by atoms with Gasteiger partial charge in [-0.1, -0.05) is 12.1 Å². The van der Waals surface area contributed by atoms with Gasteiger partial charge in [0.15, 0.2) is 5.82 Å². The summed E-state index contributed by atoms with van der Waals surface area (Å²) in [6.45, 7) is 3.95. The summed E-state index contributed by atoms with van der Waals surface area (Å²) in [4.78, 5) is 11.0. The fraction of sp³-hybridized carbons (Fsp3) is 0.286. The number of phenolic OH excluding ortho intramolecular Hbond substituents is 1. The molecule has 0 radical (unpaired) electrons. The molecule has 0 unspecified atom stereocenters. The van der Waals surface area contributed by atoms with Gasteiger partial charge in [0.05, 0.1) is 18.1 Å². The molecule has 0 bridgehead atoms. The lowest BCUT2D eigenvalue weighted by atomic mass is 10.2. The van der Waals surface area contributed by atoms with E-state index in [-0.39, 0.29) is 5.75 Å². The van der Waals surface area contributed by atoms with Crippen LogP contribution in [-0.2, 0) is 0 Å². The van der Waals surface area contributed by atoms with Crippen molar-refractivity contribution in [3.8, 4) is 17.1 Å². The van der Waals surface area contributed by atoms with Crippen molar-refractivity contribution in [3.63, 3.8) is 0 Å². The average Bonchev–Trinajstić information content (AvgIpc) is 2.48. The minimum atomic E-state index is 0.229. The summed E-state index contributed by atoms with van der Waals surface area (Å²) >= 11 is 0. The smallest absolute Gasteiger partial charge is 0.159 e. The first-order valence-corrected chi connectivity index (χ1v) is 6.40. The molecule has 1 aliphatic heterocycles. The minimum absolute atomic E-state index is 0.229. The molecule has 1 fully saturated rings. The largest absolute Gasteiger partial charge is 0.508 e. The molecule has 2 N–H and O–H groups in total. The number of anilines is 1. The second kappa shape index (κ2) is 5.24. The molecule has 1 saturated heterocycles. The normalized spacial score (nSPS) is 15.5. The topological polar surface area (TPSA) is 61.3 Å². The molecule has 0 saturated carbocycles. The Morgan fingerprint density at radius 2 is 1.84 bits per heavy atom. The average molecular weight is 256 g/mol. The van der Waals surface area contributed by atoms with Crippen molar-refractivity contribution < 1.29 is 5.11 Å². The minimum Gasteiger partial charge on any atom is -0.508 e. The van der Waals surface area contributed by atoms with Gasteiger partial charge in [-0.15, -0.1) is 0 Å².